The Bertz CT molecular complexity index is 515. The van der Waals surface area contributed by atoms with Crippen LogP contribution in [0, 0.1) is 11.2 Å². The highest BCUT2D eigenvalue weighted by molar-refractivity contribution is 5.95. The average Bonchev–Trinajstić information content (AvgIpc) is 2.58. The normalized spacial score (nSPS) is 20.5. The van der Waals surface area contributed by atoms with E-state index in [1.165, 1.54) is 70.2 Å². The Labute approximate surface area is 151 Å². The zero-order valence-corrected chi connectivity index (χ0v) is 15.3. The first-order chi connectivity index (χ1) is 11.2. The number of halogens is 2. The molecule has 0 radical (unpaired) electrons. The minimum Gasteiger partial charge on any atom is -0.303 e. The number of hydrogen-bond donors (Lipinski definition) is 0. The lowest BCUT2D eigenvalue weighted by atomic mass is 9.68. The molecule has 24 heavy (non-hydrogen) atoms. The highest BCUT2D eigenvalue weighted by Crippen LogP contribution is 2.44. The summed E-state index contributed by atoms with van der Waals surface area (Å²) in [6.45, 7) is 3.42. The largest absolute Gasteiger partial charge is 0.303 e. The number of ketones is 1. The van der Waals surface area contributed by atoms with Gasteiger partial charge in [0.15, 0.2) is 5.78 Å². The maximum atomic E-state index is 12.9. The van der Waals surface area contributed by atoms with Gasteiger partial charge in [-0.1, -0.05) is 19.3 Å². The van der Waals surface area contributed by atoms with Crippen molar-refractivity contribution in [2.45, 2.75) is 57.8 Å². The van der Waals surface area contributed by atoms with Crippen molar-refractivity contribution >= 4 is 18.2 Å². The first-order valence-corrected chi connectivity index (χ1v) is 9.18. The predicted molar refractivity (Wildman–Crippen MR) is 98.4 cm³/mol. The molecule has 1 saturated carbocycles. The molecule has 134 valence electrons. The second-order valence-corrected chi connectivity index (χ2v) is 7.44. The summed E-state index contributed by atoms with van der Waals surface area (Å²) in [5, 5.41) is 0. The second kappa shape index (κ2) is 8.96. The van der Waals surface area contributed by atoms with Crippen LogP contribution in [0.4, 0.5) is 4.39 Å². The molecule has 2 fully saturated rings. The number of hydrogen-bond acceptors (Lipinski definition) is 2. The molecule has 2 nitrogen and oxygen atoms in total. The molecule has 1 heterocycles. The van der Waals surface area contributed by atoms with Crippen LogP contribution in [0.5, 0.6) is 0 Å². The Morgan fingerprint density at radius 1 is 1.00 bits per heavy atom. The molecule has 3 rings (SSSR count). The summed E-state index contributed by atoms with van der Waals surface area (Å²) < 4.78 is 12.9. The molecule has 0 aromatic heterocycles. The van der Waals surface area contributed by atoms with Crippen molar-refractivity contribution in [3.63, 3.8) is 0 Å². The van der Waals surface area contributed by atoms with Gasteiger partial charge in [-0.25, -0.2) is 4.39 Å². The van der Waals surface area contributed by atoms with E-state index in [4.69, 9.17) is 0 Å². The summed E-state index contributed by atoms with van der Waals surface area (Å²) in [6.07, 6.45) is 11.3. The van der Waals surface area contributed by atoms with Gasteiger partial charge in [0, 0.05) is 12.0 Å². The monoisotopic (exact) mass is 353 g/mol. The molecule has 1 aliphatic carbocycles. The summed E-state index contributed by atoms with van der Waals surface area (Å²) in [4.78, 5) is 14.6. The molecule has 0 atom stereocenters. The van der Waals surface area contributed by atoms with Crippen LogP contribution in [0.1, 0.15) is 68.1 Å². The Kier molecular flexibility index (Phi) is 7.24. The van der Waals surface area contributed by atoms with Crippen LogP contribution in [0.2, 0.25) is 0 Å². The van der Waals surface area contributed by atoms with Gasteiger partial charge in [0.2, 0.25) is 0 Å². The van der Waals surface area contributed by atoms with Gasteiger partial charge in [-0.3, -0.25) is 4.79 Å². The topological polar surface area (TPSA) is 20.3 Å². The zero-order chi connectivity index (χ0) is 16.1. The fraction of sp³-hybridized carbons (Fsp3) is 0.650. The lowest BCUT2D eigenvalue weighted by Gasteiger charge is -2.44. The van der Waals surface area contributed by atoms with Gasteiger partial charge in [-0.15, -0.1) is 12.4 Å². The van der Waals surface area contributed by atoms with Gasteiger partial charge in [-0.05, 0) is 81.4 Å². The van der Waals surface area contributed by atoms with Crippen LogP contribution in [-0.4, -0.2) is 30.3 Å². The number of benzene rings is 1. The SMILES string of the molecule is Cl.O=C(CCCN1CCC2(CCCCC2)CC1)c1ccc(F)cc1. The molecule has 1 aromatic carbocycles. The van der Waals surface area contributed by atoms with E-state index in [1.54, 1.807) is 12.1 Å². The van der Waals surface area contributed by atoms with Crippen molar-refractivity contribution < 1.29 is 9.18 Å². The van der Waals surface area contributed by atoms with Gasteiger partial charge in [0.05, 0.1) is 0 Å². The van der Waals surface area contributed by atoms with Crippen molar-refractivity contribution in [2.24, 2.45) is 5.41 Å². The van der Waals surface area contributed by atoms with Crippen LogP contribution in [0.25, 0.3) is 0 Å². The third-order valence-corrected chi connectivity index (χ3v) is 5.88. The van der Waals surface area contributed by atoms with E-state index in [2.05, 4.69) is 4.90 Å². The molecule has 1 aliphatic heterocycles. The van der Waals surface area contributed by atoms with E-state index in [0.717, 1.165) is 13.0 Å². The molecule has 1 spiro atoms. The van der Waals surface area contributed by atoms with Gasteiger partial charge >= 0.3 is 0 Å². The van der Waals surface area contributed by atoms with Gasteiger partial charge in [0.1, 0.15) is 5.82 Å². The molecule has 4 heteroatoms. The van der Waals surface area contributed by atoms with E-state index in [9.17, 15) is 9.18 Å². The van der Waals surface area contributed by atoms with E-state index in [0.29, 0.717) is 17.4 Å². The molecule has 2 aliphatic rings. The smallest absolute Gasteiger partial charge is 0.162 e. The first kappa shape index (κ1) is 19.4. The Morgan fingerprint density at radius 2 is 1.62 bits per heavy atom. The Morgan fingerprint density at radius 3 is 2.25 bits per heavy atom. The van der Waals surface area contributed by atoms with Crippen LogP contribution in [-0.2, 0) is 0 Å². The Balaban J connectivity index is 0.00000208. The summed E-state index contributed by atoms with van der Waals surface area (Å²) >= 11 is 0. The molecule has 1 aromatic rings. The number of likely N-dealkylation sites (tertiary alicyclic amines) is 1. The van der Waals surface area contributed by atoms with Gasteiger partial charge in [-0.2, -0.15) is 0 Å². The molecule has 0 N–H and O–H groups in total. The van der Waals surface area contributed by atoms with Crippen LogP contribution in [0.3, 0.4) is 0 Å². The quantitative estimate of drug-likeness (QED) is 0.673. The van der Waals surface area contributed by atoms with Crippen molar-refractivity contribution in [3.05, 3.63) is 35.6 Å². The lowest BCUT2D eigenvalue weighted by Crippen LogP contribution is -2.41. The molecule has 0 unspecified atom stereocenters. The summed E-state index contributed by atoms with van der Waals surface area (Å²) in [5.41, 5.74) is 1.28. The molecule has 0 bridgehead atoms. The van der Waals surface area contributed by atoms with E-state index < -0.39 is 0 Å². The van der Waals surface area contributed by atoms with Crippen molar-refractivity contribution in [3.8, 4) is 0 Å². The van der Waals surface area contributed by atoms with E-state index in [-0.39, 0.29) is 24.0 Å². The minimum atomic E-state index is -0.286. The van der Waals surface area contributed by atoms with Crippen LogP contribution < -0.4 is 0 Å². The van der Waals surface area contributed by atoms with Crippen molar-refractivity contribution in [2.75, 3.05) is 19.6 Å². The zero-order valence-electron chi connectivity index (χ0n) is 14.4. The highest BCUT2D eigenvalue weighted by atomic mass is 35.5. The number of carbonyl (C=O) groups excluding carboxylic acids is 1. The van der Waals surface area contributed by atoms with Gasteiger partial charge in [0.25, 0.3) is 0 Å². The predicted octanol–water partition coefficient (Wildman–Crippen LogP) is 5.26. The summed E-state index contributed by atoms with van der Waals surface area (Å²) in [7, 11) is 0. The minimum absolute atomic E-state index is 0. The lowest BCUT2D eigenvalue weighted by molar-refractivity contribution is 0.0663. The first-order valence-electron chi connectivity index (χ1n) is 9.18. The average molecular weight is 354 g/mol. The van der Waals surface area contributed by atoms with Gasteiger partial charge < -0.3 is 4.90 Å². The van der Waals surface area contributed by atoms with Crippen LogP contribution >= 0.6 is 12.4 Å². The summed E-state index contributed by atoms with van der Waals surface area (Å²) in [6, 6.07) is 5.90. The molecular weight excluding hydrogens is 325 g/mol. The third kappa shape index (κ3) is 5.03. The second-order valence-electron chi connectivity index (χ2n) is 7.44. The number of rotatable bonds is 5. The molecular formula is C20H29ClFNO. The third-order valence-electron chi connectivity index (χ3n) is 5.88. The number of Topliss-reactive ketones (excluding diaryl/α,β-unsaturated/α-hetero) is 1. The fourth-order valence-electron chi connectivity index (χ4n) is 4.30. The van der Waals surface area contributed by atoms with Crippen LogP contribution in [0.15, 0.2) is 24.3 Å². The van der Waals surface area contributed by atoms with E-state index in [1.807, 2.05) is 0 Å². The maximum Gasteiger partial charge on any atom is 0.162 e. The Hall–Kier alpha value is -0.930. The molecule has 0 amide bonds. The molecule has 1 saturated heterocycles. The number of piperidine rings is 1. The van der Waals surface area contributed by atoms with Crippen molar-refractivity contribution in [1.82, 2.24) is 4.90 Å². The number of nitrogens with zero attached hydrogens (tertiary/aromatic N) is 1. The van der Waals surface area contributed by atoms with E-state index >= 15 is 0 Å². The highest BCUT2D eigenvalue weighted by Gasteiger charge is 2.35. The maximum absolute atomic E-state index is 12.9. The fourth-order valence-corrected chi connectivity index (χ4v) is 4.30. The van der Waals surface area contributed by atoms with Crippen molar-refractivity contribution in [1.29, 1.82) is 0 Å². The standard InChI is InChI=1S/C20H28FNO.ClH/c21-18-8-6-17(7-9-18)19(23)5-4-14-22-15-12-20(13-16-22)10-2-1-3-11-20;/h6-9H,1-5,10-16H2;1H. The summed E-state index contributed by atoms with van der Waals surface area (Å²) in [5.74, 6) is -0.155. The number of carbonyl (C=O) groups is 1.